The number of nitrogens with two attached hydrogens (primary N) is 1. The van der Waals surface area contributed by atoms with Crippen LogP contribution in [0, 0.1) is 5.92 Å². The van der Waals surface area contributed by atoms with E-state index in [0.29, 0.717) is 6.54 Å². The summed E-state index contributed by atoms with van der Waals surface area (Å²) in [5.41, 5.74) is 6.32. The number of aromatic nitrogens is 1. The third-order valence-corrected chi connectivity index (χ3v) is 2.73. The van der Waals surface area contributed by atoms with Crippen LogP contribution in [0.25, 0.3) is 0 Å². The molecule has 1 fully saturated rings. The molecule has 0 radical (unpaired) electrons. The van der Waals surface area contributed by atoms with Crippen LogP contribution >= 0.6 is 0 Å². The summed E-state index contributed by atoms with van der Waals surface area (Å²) in [6, 6.07) is 0. The fourth-order valence-electron chi connectivity index (χ4n) is 1.87. The van der Waals surface area contributed by atoms with Crippen molar-refractivity contribution in [3.8, 4) is 0 Å². The fourth-order valence-corrected chi connectivity index (χ4v) is 1.87. The minimum Gasteiger partial charge on any atom is -0.449 e. The molecular weight excluding hydrogens is 178 g/mol. The summed E-state index contributed by atoms with van der Waals surface area (Å²) < 4.78 is 5.35. The topological polar surface area (TPSA) is 64.1 Å². The number of hydrogen-bond acceptors (Lipinski definition) is 4. The van der Waals surface area contributed by atoms with Crippen molar-refractivity contribution in [2.24, 2.45) is 11.7 Å². The first-order chi connectivity index (χ1) is 6.88. The van der Waals surface area contributed by atoms with Crippen molar-refractivity contribution in [2.75, 3.05) is 13.1 Å². The summed E-state index contributed by atoms with van der Waals surface area (Å²) in [5.74, 6) is 1.57. The lowest BCUT2D eigenvalue weighted by molar-refractivity contribution is 0.341. The standard InChI is InChI=1S/C10H17N3O/c11-6-9-7-14-10(13-9)5-8-1-3-12-4-2-8/h7-8,12H,1-6,11H2. The quantitative estimate of drug-likeness (QED) is 0.744. The van der Waals surface area contributed by atoms with Crippen molar-refractivity contribution < 1.29 is 4.42 Å². The Kier molecular flexibility index (Phi) is 3.16. The Morgan fingerprint density at radius 1 is 1.50 bits per heavy atom. The molecule has 2 rings (SSSR count). The van der Waals surface area contributed by atoms with E-state index in [4.69, 9.17) is 10.2 Å². The third-order valence-electron chi connectivity index (χ3n) is 2.73. The van der Waals surface area contributed by atoms with Crippen LogP contribution in [0.2, 0.25) is 0 Å². The molecular formula is C10H17N3O. The minimum atomic E-state index is 0.468. The molecule has 0 amide bonds. The van der Waals surface area contributed by atoms with Crippen LogP contribution < -0.4 is 11.1 Å². The second-order valence-corrected chi connectivity index (χ2v) is 3.83. The lowest BCUT2D eigenvalue weighted by Gasteiger charge is -2.20. The molecule has 1 aliphatic heterocycles. The monoisotopic (exact) mass is 195 g/mol. The molecule has 0 spiro atoms. The van der Waals surface area contributed by atoms with E-state index in [9.17, 15) is 0 Å². The summed E-state index contributed by atoms with van der Waals surface area (Å²) in [7, 11) is 0. The van der Waals surface area contributed by atoms with Gasteiger partial charge in [-0.15, -0.1) is 0 Å². The molecule has 1 aliphatic rings. The first-order valence-electron chi connectivity index (χ1n) is 5.22. The van der Waals surface area contributed by atoms with Gasteiger partial charge in [0.1, 0.15) is 6.26 Å². The van der Waals surface area contributed by atoms with Crippen LogP contribution in [0.4, 0.5) is 0 Å². The van der Waals surface area contributed by atoms with E-state index >= 15 is 0 Å². The maximum atomic E-state index is 5.46. The molecule has 4 heteroatoms. The zero-order valence-electron chi connectivity index (χ0n) is 8.33. The van der Waals surface area contributed by atoms with Crippen molar-refractivity contribution in [2.45, 2.75) is 25.8 Å². The van der Waals surface area contributed by atoms with Crippen LogP contribution in [-0.4, -0.2) is 18.1 Å². The van der Waals surface area contributed by atoms with E-state index in [1.54, 1.807) is 6.26 Å². The van der Waals surface area contributed by atoms with Gasteiger partial charge in [-0.05, 0) is 31.8 Å². The molecule has 2 heterocycles. The average Bonchev–Trinajstić information content (AvgIpc) is 2.67. The van der Waals surface area contributed by atoms with Crippen molar-refractivity contribution in [3.63, 3.8) is 0 Å². The average molecular weight is 195 g/mol. The zero-order valence-corrected chi connectivity index (χ0v) is 8.33. The Bertz CT molecular complexity index is 279. The fraction of sp³-hybridized carbons (Fsp3) is 0.700. The summed E-state index contributed by atoms with van der Waals surface area (Å²) >= 11 is 0. The zero-order chi connectivity index (χ0) is 9.80. The van der Waals surface area contributed by atoms with Crippen LogP contribution in [0.15, 0.2) is 10.7 Å². The second kappa shape index (κ2) is 4.57. The normalized spacial score (nSPS) is 18.6. The van der Waals surface area contributed by atoms with Gasteiger partial charge in [0.25, 0.3) is 0 Å². The summed E-state index contributed by atoms with van der Waals surface area (Å²) in [6.07, 6.45) is 5.07. The van der Waals surface area contributed by atoms with E-state index in [1.165, 1.54) is 12.8 Å². The van der Waals surface area contributed by atoms with Crippen LogP contribution in [0.3, 0.4) is 0 Å². The Morgan fingerprint density at radius 2 is 2.29 bits per heavy atom. The van der Waals surface area contributed by atoms with E-state index in [0.717, 1.165) is 37.0 Å². The highest BCUT2D eigenvalue weighted by molar-refractivity contribution is 4.96. The Morgan fingerprint density at radius 3 is 2.93 bits per heavy atom. The number of hydrogen-bond donors (Lipinski definition) is 2. The Hall–Kier alpha value is -0.870. The summed E-state index contributed by atoms with van der Waals surface area (Å²) in [5, 5.41) is 3.35. The Labute approximate surface area is 83.9 Å². The number of piperidine rings is 1. The van der Waals surface area contributed by atoms with Crippen molar-refractivity contribution in [1.82, 2.24) is 10.3 Å². The van der Waals surface area contributed by atoms with Crippen molar-refractivity contribution in [3.05, 3.63) is 17.8 Å². The molecule has 1 saturated heterocycles. The van der Waals surface area contributed by atoms with E-state index in [-0.39, 0.29) is 0 Å². The van der Waals surface area contributed by atoms with Gasteiger partial charge in [0, 0.05) is 13.0 Å². The number of nitrogens with one attached hydrogen (secondary N) is 1. The Balaban J connectivity index is 1.89. The molecule has 0 atom stereocenters. The molecule has 78 valence electrons. The number of nitrogens with zero attached hydrogens (tertiary/aromatic N) is 1. The first kappa shape index (κ1) is 9.68. The van der Waals surface area contributed by atoms with Crippen LogP contribution in [0.5, 0.6) is 0 Å². The SMILES string of the molecule is NCc1coc(CC2CCNCC2)n1. The maximum Gasteiger partial charge on any atom is 0.194 e. The van der Waals surface area contributed by atoms with Crippen LogP contribution in [-0.2, 0) is 13.0 Å². The predicted octanol–water partition coefficient (Wildman–Crippen LogP) is 0.675. The van der Waals surface area contributed by atoms with Crippen molar-refractivity contribution in [1.29, 1.82) is 0 Å². The summed E-state index contributed by atoms with van der Waals surface area (Å²) in [4.78, 5) is 4.31. The highest BCUT2D eigenvalue weighted by atomic mass is 16.3. The molecule has 1 aromatic rings. The maximum absolute atomic E-state index is 5.46. The smallest absolute Gasteiger partial charge is 0.194 e. The molecule has 3 N–H and O–H groups in total. The van der Waals surface area contributed by atoms with Gasteiger partial charge >= 0.3 is 0 Å². The van der Waals surface area contributed by atoms with Gasteiger partial charge in [0.15, 0.2) is 5.89 Å². The molecule has 0 saturated carbocycles. The second-order valence-electron chi connectivity index (χ2n) is 3.83. The van der Waals surface area contributed by atoms with Gasteiger partial charge in [-0.1, -0.05) is 0 Å². The van der Waals surface area contributed by atoms with Gasteiger partial charge in [0.05, 0.1) is 5.69 Å². The predicted molar refractivity (Wildman–Crippen MR) is 53.7 cm³/mol. The largest absolute Gasteiger partial charge is 0.449 e. The number of rotatable bonds is 3. The minimum absolute atomic E-state index is 0.468. The highest BCUT2D eigenvalue weighted by Crippen LogP contribution is 2.17. The number of oxazole rings is 1. The van der Waals surface area contributed by atoms with Gasteiger partial charge < -0.3 is 15.5 Å². The molecule has 14 heavy (non-hydrogen) atoms. The van der Waals surface area contributed by atoms with Crippen molar-refractivity contribution >= 4 is 0 Å². The lowest BCUT2D eigenvalue weighted by atomic mass is 9.95. The molecule has 0 bridgehead atoms. The van der Waals surface area contributed by atoms with Gasteiger partial charge in [-0.3, -0.25) is 0 Å². The molecule has 0 aliphatic carbocycles. The molecule has 0 unspecified atom stereocenters. The van der Waals surface area contributed by atoms with Gasteiger partial charge in [-0.25, -0.2) is 4.98 Å². The van der Waals surface area contributed by atoms with E-state index in [2.05, 4.69) is 10.3 Å². The highest BCUT2D eigenvalue weighted by Gasteiger charge is 2.15. The molecule has 1 aromatic heterocycles. The van der Waals surface area contributed by atoms with Gasteiger partial charge in [0.2, 0.25) is 0 Å². The summed E-state index contributed by atoms with van der Waals surface area (Å²) in [6.45, 7) is 2.71. The molecule has 0 aromatic carbocycles. The van der Waals surface area contributed by atoms with E-state index < -0.39 is 0 Å². The first-order valence-corrected chi connectivity index (χ1v) is 5.22. The van der Waals surface area contributed by atoms with Crippen LogP contribution in [0.1, 0.15) is 24.4 Å². The third kappa shape index (κ3) is 2.33. The lowest BCUT2D eigenvalue weighted by Crippen LogP contribution is -2.28. The van der Waals surface area contributed by atoms with E-state index in [1.807, 2.05) is 0 Å². The van der Waals surface area contributed by atoms with Gasteiger partial charge in [-0.2, -0.15) is 0 Å². The molecule has 4 nitrogen and oxygen atoms in total.